The molecular weight excluding hydrogens is 370 g/mol. The Kier molecular flexibility index (Phi) is 5.64. The van der Waals surface area contributed by atoms with Crippen LogP contribution < -0.4 is 4.74 Å². The van der Waals surface area contributed by atoms with Crippen LogP contribution in [0.3, 0.4) is 0 Å². The lowest BCUT2D eigenvalue weighted by Crippen LogP contribution is -2.41. The van der Waals surface area contributed by atoms with Crippen LogP contribution >= 0.6 is 11.3 Å². The summed E-state index contributed by atoms with van der Waals surface area (Å²) in [5.41, 5.74) is 2.44. The van der Waals surface area contributed by atoms with Crippen molar-refractivity contribution in [2.75, 3.05) is 19.7 Å². The molecule has 4 nitrogen and oxygen atoms in total. The van der Waals surface area contributed by atoms with E-state index in [1.165, 1.54) is 21.2 Å². The number of piperidine rings is 1. The third kappa shape index (κ3) is 3.77. The molecule has 2 atom stereocenters. The Morgan fingerprint density at radius 3 is 2.79 bits per heavy atom. The molecule has 3 aromatic rings. The first-order valence-electron chi connectivity index (χ1n) is 9.83. The summed E-state index contributed by atoms with van der Waals surface area (Å²) in [7, 11) is 0. The fourth-order valence-electron chi connectivity index (χ4n) is 4.15. The zero-order valence-electron chi connectivity index (χ0n) is 16.0. The second kappa shape index (κ2) is 8.33. The van der Waals surface area contributed by atoms with Crippen LogP contribution in [-0.2, 0) is 4.79 Å². The van der Waals surface area contributed by atoms with Crippen LogP contribution in [0.15, 0.2) is 53.9 Å². The largest absolute Gasteiger partial charge is 0.494 e. The molecule has 2 unspecified atom stereocenters. The second-order valence-electron chi connectivity index (χ2n) is 7.26. The van der Waals surface area contributed by atoms with Crippen molar-refractivity contribution in [3.8, 4) is 5.75 Å². The zero-order valence-corrected chi connectivity index (χ0v) is 16.8. The van der Waals surface area contributed by atoms with Gasteiger partial charge in [-0.3, -0.25) is 9.69 Å². The molecule has 0 radical (unpaired) electrons. The maximum Gasteiger partial charge on any atom is 0.307 e. The van der Waals surface area contributed by atoms with Crippen molar-refractivity contribution in [2.45, 2.75) is 25.8 Å². The number of benzene rings is 2. The summed E-state index contributed by atoms with van der Waals surface area (Å²) in [4.78, 5) is 14.0. The Balaban J connectivity index is 1.75. The Bertz CT molecular complexity index is 950. The van der Waals surface area contributed by atoms with Crippen molar-refractivity contribution in [3.05, 3.63) is 65.0 Å². The summed E-state index contributed by atoms with van der Waals surface area (Å²) in [6.45, 7) is 4.11. The van der Waals surface area contributed by atoms with E-state index in [9.17, 15) is 9.90 Å². The third-order valence-electron chi connectivity index (χ3n) is 5.48. The highest BCUT2D eigenvalue weighted by atomic mass is 32.1. The number of carboxylic acid groups (broad SMARTS) is 1. The van der Waals surface area contributed by atoms with Crippen molar-refractivity contribution in [2.24, 2.45) is 5.92 Å². The molecule has 5 heteroatoms. The van der Waals surface area contributed by atoms with Crippen molar-refractivity contribution >= 4 is 27.4 Å². The fourth-order valence-corrected chi connectivity index (χ4v) is 5.13. The van der Waals surface area contributed by atoms with Crippen LogP contribution in [0.25, 0.3) is 10.1 Å². The smallest absolute Gasteiger partial charge is 0.307 e. The molecule has 0 bridgehead atoms. The number of likely N-dealkylation sites (tertiary alicyclic amines) is 1. The molecule has 1 aliphatic heterocycles. The highest BCUT2D eigenvalue weighted by molar-refractivity contribution is 7.17. The van der Waals surface area contributed by atoms with E-state index in [0.717, 1.165) is 25.1 Å². The molecule has 146 valence electrons. The van der Waals surface area contributed by atoms with Crippen molar-refractivity contribution in [1.82, 2.24) is 4.90 Å². The predicted octanol–water partition coefficient (Wildman–Crippen LogP) is 5.19. The van der Waals surface area contributed by atoms with Crippen molar-refractivity contribution in [3.63, 3.8) is 0 Å². The van der Waals surface area contributed by atoms with E-state index in [-0.39, 0.29) is 12.0 Å². The van der Waals surface area contributed by atoms with Gasteiger partial charge in [-0.05, 0) is 66.4 Å². The predicted molar refractivity (Wildman–Crippen MR) is 113 cm³/mol. The minimum atomic E-state index is -0.690. The summed E-state index contributed by atoms with van der Waals surface area (Å²) in [5.74, 6) is -0.128. The fraction of sp³-hybridized carbons (Fsp3) is 0.348. The topological polar surface area (TPSA) is 49.8 Å². The normalized spacial score (nSPS) is 18.8. The lowest BCUT2D eigenvalue weighted by atomic mass is 9.91. The van der Waals surface area contributed by atoms with E-state index < -0.39 is 5.97 Å². The highest BCUT2D eigenvalue weighted by Crippen LogP contribution is 2.39. The number of carbonyl (C=O) groups is 1. The molecule has 0 saturated carbocycles. The van der Waals surface area contributed by atoms with Crippen LogP contribution in [0.1, 0.15) is 36.9 Å². The summed E-state index contributed by atoms with van der Waals surface area (Å²) < 4.78 is 6.87. The number of hydrogen-bond acceptors (Lipinski definition) is 4. The Morgan fingerprint density at radius 2 is 2.04 bits per heavy atom. The molecule has 0 aliphatic carbocycles. The molecule has 0 spiro atoms. The van der Waals surface area contributed by atoms with Crippen molar-refractivity contribution < 1.29 is 14.6 Å². The number of carboxylic acids is 1. The van der Waals surface area contributed by atoms with Crippen LogP contribution in [0.4, 0.5) is 0 Å². The Labute approximate surface area is 169 Å². The minimum Gasteiger partial charge on any atom is -0.494 e. The van der Waals surface area contributed by atoms with Crippen LogP contribution in [0.2, 0.25) is 0 Å². The molecule has 2 aromatic carbocycles. The number of aliphatic carboxylic acids is 1. The van der Waals surface area contributed by atoms with E-state index in [2.05, 4.69) is 46.7 Å². The number of hydrogen-bond donors (Lipinski definition) is 1. The molecule has 1 fully saturated rings. The maximum atomic E-state index is 11.6. The molecule has 1 aliphatic rings. The van der Waals surface area contributed by atoms with Gasteiger partial charge in [0.05, 0.1) is 18.6 Å². The Morgan fingerprint density at radius 1 is 1.25 bits per heavy atom. The average Bonchev–Trinajstić information content (AvgIpc) is 3.14. The molecule has 28 heavy (non-hydrogen) atoms. The molecule has 2 heterocycles. The summed E-state index contributed by atoms with van der Waals surface area (Å²) in [6, 6.07) is 16.8. The van der Waals surface area contributed by atoms with Gasteiger partial charge in [-0.25, -0.2) is 0 Å². The zero-order chi connectivity index (χ0) is 19.5. The first kappa shape index (κ1) is 19.0. The maximum absolute atomic E-state index is 11.6. The van der Waals surface area contributed by atoms with E-state index in [4.69, 9.17) is 4.74 Å². The van der Waals surface area contributed by atoms with Gasteiger partial charge in [0.2, 0.25) is 0 Å². The van der Waals surface area contributed by atoms with Gasteiger partial charge in [0, 0.05) is 11.2 Å². The molecule has 1 N–H and O–H groups in total. The van der Waals surface area contributed by atoms with Crippen molar-refractivity contribution in [1.29, 1.82) is 0 Å². The summed E-state index contributed by atoms with van der Waals surface area (Å²) in [6.07, 6.45) is 1.67. The van der Waals surface area contributed by atoms with Gasteiger partial charge < -0.3 is 9.84 Å². The number of fused-ring (bicyclic) bond motifs is 1. The molecule has 4 rings (SSSR count). The van der Waals surface area contributed by atoms with E-state index >= 15 is 0 Å². The van der Waals surface area contributed by atoms with Gasteiger partial charge in [0.25, 0.3) is 0 Å². The molecule has 1 saturated heterocycles. The number of rotatable bonds is 6. The second-order valence-corrected chi connectivity index (χ2v) is 8.18. The lowest BCUT2D eigenvalue weighted by molar-refractivity contribution is -0.143. The standard InChI is InChI=1S/C23H25NO3S/c1-2-27-18-11-9-16(10-12-18)22(24-13-5-6-17(14-24)23(25)26)20-15-28-21-8-4-3-7-19(20)21/h3-4,7-12,15,17,22H,2,5-6,13-14H2,1H3,(H,25,26). The van der Waals surface area contributed by atoms with Gasteiger partial charge >= 0.3 is 5.97 Å². The first-order valence-corrected chi connectivity index (χ1v) is 10.7. The molecule has 0 amide bonds. The number of nitrogens with zero attached hydrogens (tertiary/aromatic N) is 1. The first-order chi connectivity index (χ1) is 13.7. The Hall–Kier alpha value is -2.37. The van der Waals surface area contributed by atoms with Gasteiger partial charge in [-0.15, -0.1) is 11.3 Å². The van der Waals surface area contributed by atoms with Crippen LogP contribution in [0.5, 0.6) is 5.75 Å². The van der Waals surface area contributed by atoms with E-state index in [0.29, 0.717) is 13.2 Å². The van der Waals surface area contributed by atoms with Gasteiger partial charge in [-0.2, -0.15) is 0 Å². The van der Waals surface area contributed by atoms with Gasteiger partial charge in [-0.1, -0.05) is 30.3 Å². The quantitative estimate of drug-likeness (QED) is 0.624. The lowest BCUT2D eigenvalue weighted by Gasteiger charge is -2.37. The third-order valence-corrected chi connectivity index (χ3v) is 6.46. The van der Waals surface area contributed by atoms with E-state index in [1.54, 1.807) is 11.3 Å². The number of thiophene rings is 1. The highest BCUT2D eigenvalue weighted by Gasteiger charge is 2.32. The summed E-state index contributed by atoms with van der Waals surface area (Å²) in [5, 5.41) is 13.1. The average molecular weight is 396 g/mol. The monoisotopic (exact) mass is 395 g/mol. The van der Waals surface area contributed by atoms with Crippen LogP contribution in [0, 0.1) is 5.92 Å². The molecular formula is C23H25NO3S. The number of ether oxygens (including phenoxy) is 1. The minimum absolute atomic E-state index is 0.0500. The van der Waals surface area contributed by atoms with Gasteiger partial charge in [0.15, 0.2) is 0 Å². The summed E-state index contributed by atoms with van der Waals surface area (Å²) >= 11 is 1.75. The van der Waals surface area contributed by atoms with Crippen LogP contribution in [-0.4, -0.2) is 35.7 Å². The molecule has 1 aromatic heterocycles. The SMILES string of the molecule is CCOc1ccc(C(c2csc3ccccc23)N2CCCC(C(=O)O)C2)cc1. The van der Waals surface area contributed by atoms with E-state index in [1.807, 2.05) is 19.1 Å². The van der Waals surface area contributed by atoms with Gasteiger partial charge in [0.1, 0.15) is 5.75 Å².